The van der Waals surface area contributed by atoms with Gasteiger partial charge < -0.3 is 10.4 Å². The molecule has 1 aliphatic heterocycles. The third-order valence-electron chi connectivity index (χ3n) is 2.98. The second-order valence-electron chi connectivity index (χ2n) is 4.43. The molecule has 0 radical (unpaired) electrons. The van der Waals surface area contributed by atoms with Gasteiger partial charge in [-0.05, 0) is 43.6 Å². The number of benzene rings is 1. The fourth-order valence-electron chi connectivity index (χ4n) is 2.16. The van der Waals surface area contributed by atoms with E-state index in [2.05, 4.69) is 16.3 Å². The molecular weight excluding hydrogens is 216 g/mol. The summed E-state index contributed by atoms with van der Waals surface area (Å²) in [6.45, 7) is 3.27. The van der Waals surface area contributed by atoms with Gasteiger partial charge in [0.05, 0.1) is 0 Å². The Morgan fingerprint density at radius 2 is 2.12 bits per heavy atom. The molecule has 2 N–H and O–H groups in total. The maximum absolute atomic E-state index is 10.5. The molecule has 1 heterocycles. The molecule has 0 unspecified atom stereocenters. The van der Waals surface area contributed by atoms with Crippen molar-refractivity contribution in [1.29, 1.82) is 0 Å². The van der Waals surface area contributed by atoms with Gasteiger partial charge in [-0.15, -0.1) is 0 Å². The highest BCUT2D eigenvalue weighted by atomic mass is 16.4. The predicted octanol–water partition coefficient (Wildman–Crippen LogP) is 1.78. The first-order valence-corrected chi connectivity index (χ1v) is 6.01. The topological polar surface area (TPSA) is 52.6 Å². The zero-order chi connectivity index (χ0) is 12.1. The molecule has 0 aromatic heterocycles. The smallest absolute Gasteiger partial charge is 0.322 e. The van der Waals surface area contributed by atoms with Crippen LogP contribution in [-0.2, 0) is 11.3 Å². The number of rotatable bonds is 5. The second-order valence-corrected chi connectivity index (χ2v) is 4.43. The molecule has 2 rings (SSSR count). The molecule has 4 nitrogen and oxygen atoms in total. The monoisotopic (exact) mass is 234 g/mol. The van der Waals surface area contributed by atoms with Gasteiger partial charge in [0.1, 0.15) is 6.54 Å². The van der Waals surface area contributed by atoms with E-state index in [1.54, 1.807) is 0 Å². The number of carboxylic acid groups (broad SMARTS) is 1. The van der Waals surface area contributed by atoms with Crippen molar-refractivity contribution in [1.82, 2.24) is 4.90 Å². The Kier molecular flexibility index (Phi) is 3.98. The quantitative estimate of drug-likeness (QED) is 0.815. The third kappa shape index (κ3) is 3.75. The van der Waals surface area contributed by atoms with Crippen molar-refractivity contribution in [2.75, 3.05) is 25.0 Å². The van der Waals surface area contributed by atoms with E-state index < -0.39 is 5.97 Å². The summed E-state index contributed by atoms with van der Waals surface area (Å²) in [6.07, 6.45) is 2.58. The first-order chi connectivity index (χ1) is 8.24. The standard InChI is InChI=1S/C13H18N2O2/c16-13(17)9-14-12-5-3-4-11(8-12)10-15-6-1-2-7-15/h3-5,8,14H,1-2,6-7,9-10H2,(H,16,17). The SMILES string of the molecule is O=C(O)CNc1cccc(CN2CCCC2)c1. The molecule has 0 bridgehead atoms. The zero-order valence-corrected chi connectivity index (χ0v) is 9.85. The first kappa shape index (κ1) is 11.9. The van der Waals surface area contributed by atoms with Crippen LogP contribution in [0.25, 0.3) is 0 Å². The van der Waals surface area contributed by atoms with Crippen LogP contribution in [0.4, 0.5) is 5.69 Å². The van der Waals surface area contributed by atoms with Gasteiger partial charge in [-0.25, -0.2) is 0 Å². The van der Waals surface area contributed by atoms with Crippen LogP contribution in [-0.4, -0.2) is 35.6 Å². The van der Waals surface area contributed by atoms with Crippen molar-refractivity contribution >= 4 is 11.7 Å². The summed E-state index contributed by atoms with van der Waals surface area (Å²) in [4.78, 5) is 12.9. The number of carbonyl (C=O) groups is 1. The van der Waals surface area contributed by atoms with E-state index in [1.165, 1.54) is 31.5 Å². The van der Waals surface area contributed by atoms with E-state index >= 15 is 0 Å². The number of likely N-dealkylation sites (tertiary alicyclic amines) is 1. The Balaban J connectivity index is 1.93. The van der Waals surface area contributed by atoms with Gasteiger partial charge in [0, 0.05) is 12.2 Å². The highest BCUT2D eigenvalue weighted by Crippen LogP contribution is 2.15. The molecule has 0 saturated carbocycles. The molecular formula is C13H18N2O2. The molecule has 1 aromatic rings. The molecule has 92 valence electrons. The Morgan fingerprint density at radius 3 is 2.82 bits per heavy atom. The number of hydrogen-bond acceptors (Lipinski definition) is 3. The second kappa shape index (κ2) is 5.68. The fraction of sp³-hybridized carbons (Fsp3) is 0.462. The van der Waals surface area contributed by atoms with E-state index in [4.69, 9.17) is 5.11 Å². The fourth-order valence-corrected chi connectivity index (χ4v) is 2.16. The van der Waals surface area contributed by atoms with E-state index in [1.807, 2.05) is 18.2 Å². The largest absolute Gasteiger partial charge is 0.480 e. The number of nitrogens with one attached hydrogen (secondary N) is 1. The van der Waals surface area contributed by atoms with Crippen LogP contribution in [0.5, 0.6) is 0 Å². The van der Waals surface area contributed by atoms with Crippen molar-refractivity contribution in [3.8, 4) is 0 Å². The van der Waals surface area contributed by atoms with Crippen LogP contribution in [0.2, 0.25) is 0 Å². The minimum absolute atomic E-state index is 0.0346. The van der Waals surface area contributed by atoms with Gasteiger partial charge in [-0.2, -0.15) is 0 Å². The van der Waals surface area contributed by atoms with Crippen LogP contribution >= 0.6 is 0 Å². The van der Waals surface area contributed by atoms with Crippen LogP contribution in [0.15, 0.2) is 24.3 Å². The number of aliphatic carboxylic acids is 1. The number of nitrogens with zero attached hydrogens (tertiary/aromatic N) is 1. The third-order valence-corrected chi connectivity index (χ3v) is 2.98. The van der Waals surface area contributed by atoms with Gasteiger partial charge in [0.2, 0.25) is 0 Å². The summed E-state index contributed by atoms with van der Waals surface area (Å²) in [7, 11) is 0. The maximum atomic E-state index is 10.5. The lowest BCUT2D eigenvalue weighted by Crippen LogP contribution is -2.18. The molecule has 17 heavy (non-hydrogen) atoms. The van der Waals surface area contributed by atoms with Crippen molar-refractivity contribution in [3.63, 3.8) is 0 Å². The molecule has 0 atom stereocenters. The molecule has 1 saturated heterocycles. The number of anilines is 1. The molecule has 0 aliphatic carbocycles. The summed E-state index contributed by atoms with van der Waals surface area (Å²) >= 11 is 0. The van der Waals surface area contributed by atoms with Crippen LogP contribution in [0, 0.1) is 0 Å². The summed E-state index contributed by atoms with van der Waals surface area (Å²) in [5, 5.41) is 11.5. The van der Waals surface area contributed by atoms with Crippen LogP contribution < -0.4 is 5.32 Å². The normalized spacial score (nSPS) is 16.0. The average Bonchev–Trinajstić information content (AvgIpc) is 2.80. The van der Waals surface area contributed by atoms with E-state index in [9.17, 15) is 4.79 Å². The van der Waals surface area contributed by atoms with E-state index in [0.29, 0.717) is 0 Å². The summed E-state index contributed by atoms with van der Waals surface area (Å²) < 4.78 is 0. The van der Waals surface area contributed by atoms with Crippen LogP contribution in [0.1, 0.15) is 18.4 Å². The zero-order valence-electron chi connectivity index (χ0n) is 9.85. The Hall–Kier alpha value is -1.55. The van der Waals surface area contributed by atoms with Gasteiger partial charge in [-0.3, -0.25) is 9.69 Å². The Bertz CT molecular complexity index is 387. The number of carboxylic acids is 1. The van der Waals surface area contributed by atoms with Gasteiger partial charge >= 0.3 is 5.97 Å². The number of hydrogen-bond donors (Lipinski definition) is 2. The average molecular weight is 234 g/mol. The molecule has 0 amide bonds. The predicted molar refractivity (Wildman–Crippen MR) is 67.1 cm³/mol. The molecule has 4 heteroatoms. The Labute approximate surface area is 101 Å². The van der Waals surface area contributed by atoms with E-state index in [-0.39, 0.29) is 6.54 Å². The highest BCUT2D eigenvalue weighted by molar-refractivity contribution is 5.72. The maximum Gasteiger partial charge on any atom is 0.322 e. The molecule has 0 spiro atoms. The van der Waals surface area contributed by atoms with E-state index in [0.717, 1.165) is 12.2 Å². The van der Waals surface area contributed by atoms with Crippen molar-refractivity contribution in [2.24, 2.45) is 0 Å². The first-order valence-electron chi connectivity index (χ1n) is 6.01. The lowest BCUT2D eigenvalue weighted by atomic mass is 10.2. The molecule has 1 fully saturated rings. The van der Waals surface area contributed by atoms with Crippen molar-refractivity contribution in [3.05, 3.63) is 29.8 Å². The van der Waals surface area contributed by atoms with Crippen LogP contribution in [0.3, 0.4) is 0 Å². The highest BCUT2D eigenvalue weighted by Gasteiger charge is 2.11. The summed E-state index contributed by atoms with van der Waals surface area (Å²) in [5.74, 6) is -0.838. The van der Waals surface area contributed by atoms with Gasteiger partial charge in [-0.1, -0.05) is 12.1 Å². The molecule has 1 aromatic carbocycles. The van der Waals surface area contributed by atoms with Gasteiger partial charge in [0.15, 0.2) is 0 Å². The molecule has 1 aliphatic rings. The minimum atomic E-state index is -0.838. The Morgan fingerprint density at radius 1 is 1.35 bits per heavy atom. The van der Waals surface area contributed by atoms with Crippen molar-refractivity contribution < 1.29 is 9.90 Å². The summed E-state index contributed by atoms with van der Waals surface area (Å²) in [5.41, 5.74) is 2.12. The lowest BCUT2D eigenvalue weighted by Gasteiger charge is -2.15. The summed E-state index contributed by atoms with van der Waals surface area (Å²) in [6, 6.07) is 7.98. The minimum Gasteiger partial charge on any atom is -0.480 e. The van der Waals surface area contributed by atoms with Crippen molar-refractivity contribution in [2.45, 2.75) is 19.4 Å². The lowest BCUT2D eigenvalue weighted by molar-refractivity contribution is -0.134. The van der Waals surface area contributed by atoms with Gasteiger partial charge in [0.25, 0.3) is 0 Å².